The highest BCUT2D eigenvalue weighted by Crippen LogP contribution is 2.25. The highest BCUT2D eigenvalue weighted by molar-refractivity contribution is 5.00. The SMILES string of the molecule is CCCCCCCCCCN1C(CO)C(O)C(O)C1CO. The van der Waals surface area contributed by atoms with Crippen LogP contribution >= 0.6 is 0 Å². The molecule has 4 unspecified atom stereocenters. The van der Waals surface area contributed by atoms with E-state index >= 15 is 0 Å². The van der Waals surface area contributed by atoms with Crippen molar-refractivity contribution < 1.29 is 20.4 Å². The van der Waals surface area contributed by atoms with Crippen LogP contribution in [0.5, 0.6) is 0 Å². The molecule has 0 spiro atoms. The van der Waals surface area contributed by atoms with Crippen molar-refractivity contribution in [2.75, 3.05) is 19.8 Å². The first kappa shape index (κ1) is 18.8. The molecule has 1 heterocycles. The van der Waals surface area contributed by atoms with Gasteiger partial charge in [0.15, 0.2) is 0 Å². The zero-order chi connectivity index (χ0) is 15.7. The number of hydrogen-bond acceptors (Lipinski definition) is 5. The largest absolute Gasteiger partial charge is 0.395 e. The third-order valence-electron chi connectivity index (χ3n) is 4.63. The maximum atomic E-state index is 9.89. The second-order valence-electron chi connectivity index (χ2n) is 6.19. The maximum Gasteiger partial charge on any atom is 0.0992 e. The van der Waals surface area contributed by atoms with Gasteiger partial charge in [-0.2, -0.15) is 0 Å². The van der Waals surface area contributed by atoms with E-state index in [0.29, 0.717) is 6.54 Å². The predicted molar refractivity (Wildman–Crippen MR) is 83.1 cm³/mol. The lowest BCUT2D eigenvalue weighted by Crippen LogP contribution is -2.43. The molecule has 1 rings (SSSR count). The molecule has 0 aromatic carbocycles. The van der Waals surface area contributed by atoms with Crippen molar-refractivity contribution >= 4 is 0 Å². The van der Waals surface area contributed by atoms with Crippen LogP contribution in [0.15, 0.2) is 0 Å². The first-order chi connectivity index (χ1) is 10.2. The van der Waals surface area contributed by atoms with Crippen LogP contribution in [-0.4, -0.2) is 69.4 Å². The molecule has 0 aliphatic carbocycles. The van der Waals surface area contributed by atoms with Crippen LogP contribution in [-0.2, 0) is 0 Å². The Bertz CT molecular complexity index is 249. The zero-order valence-corrected chi connectivity index (χ0v) is 13.3. The molecule has 0 aromatic heterocycles. The fourth-order valence-corrected chi connectivity index (χ4v) is 3.28. The van der Waals surface area contributed by atoms with E-state index in [0.717, 1.165) is 12.8 Å². The summed E-state index contributed by atoms with van der Waals surface area (Å²) >= 11 is 0. The Balaban J connectivity index is 2.23. The first-order valence-electron chi connectivity index (χ1n) is 8.51. The smallest absolute Gasteiger partial charge is 0.0992 e. The standard InChI is InChI=1S/C16H33NO4/c1-2-3-4-5-6-7-8-9-10-17-13(11-18)15(20)16(21)14(17)12-19/h13-16,18-21H,2-12H2,1H3. The Labute approximate surface area is 128 Å². The van der Waals surface area contributed by atoms with Crippen molar-refractivity contribution in [1.29, 1.82) is 0 Å². The lowest BCUT2D eigenvalue weighted by Gasteiger charge is -2.28. The normalized spacial score (nSPS) is 30.1. The Morgan fingerprint density at radius 3 is 1.57 bits per heavy atom. The van der Waals surface area contributed by atoms with E-state index in [2.05, 4.69) is 6.92 Å². The molecule has 21 heavy (non-hydrogen) atoms. The summed E-state index contributed by atoms with van der Waals surface area (Å²) in [4.78, 5) is 1.87. The van der Waals surface area contributed by atoms with Gasteiger partial charge in [-0.3, -0.25) is 4.90 Å². The summed E-state index contributed by atoms with van der Waals surface area (Å²) in [6.45, 7) is 2.55. The zero-order valence-electron chi connectivity index (χ0n) is 13.3. The van der Waals surface area contributed by atoms with Gasteiger partial charge in [0.25, 0.3) is 0 Å². The van der Waals surface area contributed by atoms with Crippen LogP contribution in [0.3, 0.4) is 0 Å². The topological polar surface area (TPSA) is 84.2 Å². The summed E-state index contributed by atoms with van der Waals surface area (Å²) in [6, 6.07) is -0.914. The molecule has 1 fully saturated rings. The number of rotatable bonds is 11. The molecule has 5 heteroatoms. The number of aliphatic hydroxyl groups excluding tert-OH is 4. The van der Waals surface area contributed by atoms with Crippen molar-refractivity contribution in [3.8, 4) is 0 Å². The molecule has 1 aliphatic rings. The molecule has 0 radical (unpaired) electrons. The Hall–Kier alpha value is -0.200. The number of unbranched alkanes of at least 4 members (excludes halogenated alkanes) is 7. The summed E-state index contributed by atoms with van der Waals surface area (Å²) in [6.07, 6.45) is 7.82. The number of aliphatic hydroxyl groups is 4. The molecular formula is C16H33NO4. The van der Waals surface area contributed by atoms with Crippen LogP contribution in [0.1, 0.15) is 58.3 Å². The second kappa shape index (κ2) is 10.5. The van der Waals surface area contributed by atoms with Crippen molar-refractivity contribution in [2.45, 2.75) is 82.6 Å². The van der Waals surface area contributed by atoms with E-state index in [1.165, 1.54) is 38.5 Å². The van der Waals surface area contributed by atoms with Crippen molar-refractivity contribution in [1.82, 2.24) is 4.90 Å². The van der Waals surface area contributed by atoms with Crippen LogP contribution in [0, 0.1) is 0 Å². The van der Waals surface area contributed by atoms with E-state index in [9.17, 15) is 20.4 Å². The third-order valence-corrected chi connectivity index (χ3v) is 4.63. The van der Waals surface area contributed by atoms with E-state index in [1.54, 1.807) is 0 Å². The molecule has 5 nitrogen and oxygen atoms in total. The maximum absolute atomic E-state index is 9.89. The van der Waals surface area contributed by atoms with Gasteiger partial charge in [-0.25, -0.2) is 0 Å². The van der Waals surface area contributed by atoms with Gasteiger partial charge in [-0.1, -0.05) is 51.9 Å². The van der Waals surface area contributed by atoms with Gasteiger partial charge in [-0.15, -0.1) is 0 Å². The molecule has 1 aliphatic heterocycles. The van der Waals surface area contributed by atoms with Crippen molar-refractivity contribution in [3.63, 3.8) is 0 Å². The lowest BCUT2D eigenvalue weighted by molar-refractivity contribution is 0.0130. The highest BCUT2D eigenvalue weighted by Gasteiger charge is 2.46. The van der Waals surface area contributed by atoms with Gasteiger partial charge in [0.1, 0.15) is 0 Å². The van der Waals surface area contributed by atoms with E-state index in [-0.39, 0.29) is 13.2 Å². The fraction of sp³-hybridized carbons (Fsp3) is 1.00. The number of nitrogens with zero attached hydrogens (tertiary/aromatic N) is 1. The quantitative estimate of drug-likeness (QED) is 0.426. The van der Waals surface area contributed by atoms with E-state index in [4.69, 9.17) is 0 Å². The molecular weight excluding hydrogens is 270 g/mol. The molecule has 4 N–H and O–H groups in total. The molecule has 0 amide bonds. The third kappa shape index (κ3) is 5.49. The predicted octanol–water partition coefficient (Wildman–Crippen LogP) is 0.886. The molecule has 1 saturated heterocycles. The fourth-order valence-electron chi connectivity index (χ4n) is 3.28. The minimum absolute atomic E-state index is 0.189. The second-order valence-corrected chi connectivity index (χ2v) is 6.19. The number of likely N-dealkylation sites (tertiary alicyclic amines) is 1. The summed E-state index contributed by atoms with van der Waals surface area (Å²) < 4.78 is 0. The van der Waals surface area contributed by atoms with Gasteiger partial charge < -0.3 is 20.4 Å². The Morgan fingerprint density at radius 2 is 1.14 bits per heavy atom. The van der Waals surface area contributed by atoms with Crippen LogP contribution in [0.2, 0.25) is 0 Å². The number of hydrogen-bond donors (Lipinski definition) is 4. The Kier molecular flexibility index (Phi) is 9.44. The minimum Gasteiger partial charge on any atom is -0.395 e. The lowest BCUT2D eigenvalue weighted by atomic mass is 10.1. The van der Waals surface area contributed by atoms with Crippen LogP contribution in [0.25, 0.3) is 0 Å². The summed E-state index contributed by atoms with van der Waals surface area (Å²) in [5.41, 5.74) is 0. The average Bonchev–Trinajstić information content (AvgIpc) is 2.72. The van der Waals surface area contributed by atoms with Crippen LogP contribution in [0.4, 0.5) is 0 Å². The van der Waals surface area contributed by atoms with Gasteiger partial charge in [-0.05, 0) is 13.0 Å². The Morgan fingerprint density at radius 1 is 0.714 bits per heavy atom. The summed E-state index contributed by atoms with van der Waals surface area (Å²) in [5, 5.41) is 38.5. The highest BCUT2D eigenvalue weighted by atomic mass is 16.3. The van der Waals surface area contributed by atoms with E-state index < -0.39 is 24.3 Å². The summed E-state index contributed by atoms with van der Waals surface area (Å²) in [7, 11) is 0. The molecule has 126 valence electrons. The molecule has 4 atom stereocenters. The monoisotopic (exact) mass is 303 g/mol. The minimum atomic E-state index is -0.971. The molecule has 0 aromatic rings. The van der Waals surface area contributed by atoms with Gasteiger partial charge in [0.2, 0.25) is 0 Å². The molecule has 0 saturated carbocycles. The van der Waals surface area contributed by atoms with Gasteiger partial charge in [0.05, 0.1) is 37.5 Å². The average molecular weight is 303 g/mol. The van der Waals surface area contributed by atoms with Gasteiger partial charge in [0, 0.05) is 0 Å². The van der Waals surface area contributed by atoms with E-state index in [1.807, 2.05) is 4.90 Å². The summed E-state index contributed by atoms with van der Waals surface area (Å²) in [5.74, 6) is 0. The van der Waals surface area contributed by atoms with Crippen molar-refractivity contribution in [3.05, 3.63) is 0 Å². The molecule has 0 bridgehead atoms. The first-order valence-corrected chi connectivity index (χ1v) is 8.51. The van der Waals surface area contributed by atoms with Crippen molar-refractivity contribution in [2.24, 2.45) is 0 Å². The van der Waals surface area contributed by atoms with Gasteiger partial charge >= 0.3 is 0 Å². The van der Waals surface area contributed by atoms with Crippen LogP contribution < -0.4 is 0 Å².